The number of anilines is 1. The van der Waals surface area contributed by atoms with Crippen LogP contribution in [0.3, 0.4) is 0 Å². The van der Waals surface area contributed by atoms with Gasteiger partial charge in [0.1, 0.15) is 0 Å². The number of hydrogen-bond acceptors (Lipinski definition) is 3. The van der Waals surface area contributed by atoms with Crippen LogP contribution in [-0.4, -0.2) is 4.92 Å². The molecule has 1 aliphatic heterocycles. The molecule has 0 spiro atoms. The Morgan fingerprint density at radius 3 is 2.58 bits per heavy atom. The maximum Gasteiger partial charge on any atom is 0.275 e. The standard InChI is InChI=1S/C18H14Cl2N2O2/c19-11-6-4-10(5-7-11)17-13-3-1-2-12(13)16-15(22(23)24)9-8-14(20)18(16)21-17/h1-2,4-9,12-13,17,21H,3H2/t12-,13-,17-/m1/s1. The number of nitro benzene ring substituents is 1. The number of allylic oxidation sites excluding steroid dienone is 2. The van der Waals surface area contributed by atoms with Crippen LogP contribution in [0.4, 0.5) is 11.4 Å². The molecule has 1 N–H and O–H groups in total. The first-order valence-electron chi connectivity index (χ1n) is 7.71. The van der Waals surface area contributed by atoms with Crippen molar-refractivity contribution in [2.75, 3.05) is 5.32 Å². The number of fused-ring (bicyclic) bond motifs is 3. The van der Waals surface area contributed by atoms with E-state index in [1.54, 1.807) is 6.07 Å². The molecule has 0 saturated heterocycles. The first-order valence-corrected chi connectivity index (χ1v) is 8.47. The maximum absolute atomic E-state index is 11.5. The van der Waals surface area contributed by atoms with Gasteiger partial charge in [-0.2, -0.15) is 0 Å². The van der Waals surface area contributed by atoms with E-state index in [9.17, 15) is 10.1 Å². The van der Waals surface area contributed by atoms with Crippen molar-refractivity contribution >= 4 is 34.6 Å². The van der Waals surface area contributed by atoms with Crippen molar-refractivity contribution in [1.82, 2.24) is 0 Å². The molecule has 0 unspecified atom stereocenters. The topological polar surface area (TPSA) is 55.2 Å². The summed E-state index contributed by atoms with van der Waals surface area (Å²) in [4.78, 5) is 11.1. The number of nitro groups is 1. The maximum atomic E-state index is 11.5. The number of hydrogen-bond donors (Lipinski definition) is 1. The van der Waals surface area contributed by atoms with Gasteiger partial charge < -0.3 is 5.32 Å². The lowest BCUT2D eigenvalue weighted by Crippen LogP contribution is -2.29. The molecule has 0 bridgehead atoms. The van der Waals surface area contributed by atoms with Gasteiger partial charge in [-0.05, 0) is 36.1 Å². The highest BCUT2D eigenvalue weighted by molar-refractivity contribution is 6.33. The summed E-state index contributed by atoms with van der Waals surface area (Å²) in [5.74, 6) is 0.205. The van der Waals surface area contributed by atoms with Crippen molar-refractivity contribution in [2.45, 2.75) is 18.4 Å². The molecule has 4 rings (SSSR count). The molecule has 122 valence electrons. The first kappa shape index (κ1) is 15.5. The largest absolute Gasteiger partial charge is 0.376 e. The Kier molecular flexibility index (Phi) is 3.74. The van der Waals surface area contributed by atoms with Gasteiger partial charge >= 0.3 is 0 Å². The molecule has 2 aromatic rings. The quantitative estimate of drug-likeness (QED) is 0.422. The molecule has 24 heavy (non-hydrogen) atoms. The van der Waals surface area contributed by atoms with E-state index in [-0.39, 0.29) is 28.5 Å². The summed E-state index contributed by atoms with van der Waals surface area (Å²) >= 11 is 12.4. The fraction of sp³-hybridized carbons (Fsp3) is 0.222. The van der Waals surface area contributed by atoms with Crippen LogP contribution in [0.15, 0.2) is 48.6 Å². The molecule has 6 heteroatoms. The van der Waals surface area contributed by atoms with Crippen molar-refractivity contribution in [2.24, 2.45) is 5.92 Å². The second-order valence-electron chi connectivity index (χ2n) is 6.14. The summed E-state index contributed by atoms with van der Waals surface area (Å²) < 4.78 is 0. The molecular weight excluding hydrogens is 347 g/mol. The van der Waals surface area contributed by atoms with E-state index in [0.29, 0.717) is 21.3 Å². The van der Waals surface area contributed by atoms with E-state index >= 15 is 0 Å². The van der Waals surface area contributed by atoms with Gasteiger partial charge in [0.2, 0.25) is 0 Å². The van der Waals surface area contributed by atoms with Crippen LogP contribution in [0.2, 0.25) is 10.0 Å². The predicted molar refractivity (Wildman–Crippen MR) is 95.9 cm³/mol. The lowest BCUT2D eigenvalue weighted by molar-refractivity contribution is -0.385. The second kappa shape index (κ2) is 5.80. The zero-order valence-corrected chi connectivity index (χ0v) is 14.1. The third-order valence-electron chi connectivity index (χ3n) is 4.87. The summed E-state index contributed by atoms with van der Waals surface area (Å²) in [5.41, 5.74) is 2.58. The summed E-state index contributed by atoms with van der Waals surface area (Å²) in [6.07, 6.45) is 5.03. The molecule has 2 aromatic carbocycles. The van der Waals surface area contributed by atoms with E-state index in [0.717, 1.165) is 12.0 Å². The zero-order valence-electron chi connectivity index (χ0n) is 12.6. The van der Waals surface area contributed by atoms with Crippen molar-refractivity contribution in [3.8, 4) is 0 Å². The van der Waals surface area contributed by atoms with Crippen LogP contribution in [0.1, 0.15) is 29.5 Å². The van der Waals surface area contributed by atoms with Crippen molar-refractivity contribution in [1.29, 1.82) is 0 Å². The fourth-order valence-electron chi connectivity index (χ4n) is 3.81. The molecule has 3 atom stereocenters. The molecule has 0 fully saturated rings. The molecule has 1 aliphatic carbocycles. The van der Waals surface area contributed by atoms with E-state index < -0.39 is 0 Å². The molecule has 1 heterocycles. The van der Waals surface area contributed by atoms with Gasteiger partial charge in [0.05, 0.1) is 27.2 Å². The van der Waals surface area contributed by atoms with Gasteiger partial charge in [-0.1, -0.05) is 47.5 Å². The normalized spacial score (nSPS) is 24.2. The Bertz CT molecular complexity index is 849. The van der Waals surface area contributed by atoms with Gasteiger partial charge in [-0.25, -0.2) is 0 Å². The summed E-state index contributed by atoms with van der Waals surface area (Å²) in [5, 5.41) is 16.1. The summed E-state index contributed by atoms with van der Waals surface area (Å²) in [6, 6.07) is 10.8. The zero-order chi connectivity index (χ0) is 16.8. The van der Waals surface area contributed by atoms with Crippen LogP contribution in [0, 0.1) is 16.0 Å². The van der Waals surface area contributed by atoms with Gasteiger partial charge in [-0.3, -0.25) is 10.1 Å². The lowest BCUT2D eigenvalue weighted by atomic mass is 9.76. The fourth-order valence-corrected chi connectivity index (χ4v) is 4.16. The van der Waals surface area contributed by atoms with Crippen LogP contribution in [0.5, 0.6) is 0 Å². The Morgan fingerprint density at radius 1 is 1.12 bits per heavy atom. The average Bonchev–Trinajstić information content (AvgIpc) is 3.05. The van der Waals surface area contributed by atoms with Crippen LogP contribution < -0.4 is 5.32 Å². The van der Waals surface area contributed by atoms with Crippen LogP contribution in [0.25, 0.3) is 0 Å². The molecular formula is C18H14Cl2N2O2. The van der Waals surface area contributed by atoms with E-state index in [4.69, 9.17) is 23.2 Å². The Labute approximate surface area is 149 Å². The monoisotopic (exact) mass is 360 g/mol. The third-order valence-corrected chi connectivity index (χ3v) is 5.44. The van der Waals surface area contributed by atoms with Gasteiger partial charge in [0, 0.05) is 17.0 Å². The molecule has 0 amide bonds. The smallest absolute Gasteiger partial charge is 0.275 e. The van der Waals surface area contributed by atoms with Gasteiger partial charge in [0.25, 0.3) is 5.69 Å². The van der Waals surface area contributed by atoms with Gasteiger partial charge in [-0.15, -0.1) is 0 Å². The third kappa shape index (κ3) is 2.38. The highest BCUT2D eigenvalue weighted by Gasteiger charge is 2.42. The molecule has 0 aromatic heterocycles. The SMILES string of the molecule is O=[N+]([O-])c1ccc(Cl)c2c1[C@@H]1C=CC[C@H]1[C@@H](c1ccc(Cl)cc1)N2. The van der Waals surface area contributed by atoms with E-state index in [2.05, 4.69) is 17.5 Å². The minimum atomic E-state index is -0.331. The molecule has 0 saturated carbocycles. The minimum Gasteiger partial charge on any atom is -0.376 e. The predicted octanol–water partition coefficient (Wildman–Crippen LogP) is 5.73. The van der Waals surface area contributed by atoms with Crippen LogP contribution >= 0.6 is 23.2 Å². The van der Waals surface area contributed by atoms with Crippen molar-refractivity contribution in [3.05, 3.63) is 79.8 Å². The van der Waals surface area contributed by atoms with Crippen molar-refractivity contribution in [3.63, 3.8) is 0 Å². The number of nitrogens with zero attached hydrogens (tertiary/aromatic N) is 1. The van der Waals surface area contributed by atoms with Crippen LogP contribution in [-0.2, 0) is 0 Å². The molecule has 4 nitrogen and oxygen atoms in total. The lowest BCUT2D eigenvalue weighted by Gasteiger charge is -2.37. The first-order chi connectivity index (χ1) is 11.6. The second-order valence-corrected chi connectivity index (χ2v) is 6.98. The minimum absolute atomic E-state index is 0.0129. The Balaban J connectivity index is 1.86. The number of rotatable bonds is 2. The Morgan fingerprint density at radius 2 is 1.88 bits per heavy atom. The number of nitrogens with one attached hydrogen (secondary N) is 1. The van der Waals surface area contributed by atoms with E-state index in [1.165, 1.54) is 6.07 Å². The van der Waals surface area contributed by atoms with Gasteiger partial charge in [0.15, 0.2) is 0 Å². The number of halogens is 2. The molecule has 0 radical (unpaired) electrons. The Hall–Kier alpha value is -2.04. The van der Waals surface area contributed by atoms with Crippen molar-refractivity contribution < 1.29 is 4.92 Å². The molecule has 2 aliphatic rings. The highest BCUT2D eigenvalue weighted by Crippen LogP contribution is 2.54. The number of benzene rings is 2. The summed E-state index contributed by atoms with van der Waals surface area (Å²) in [6.45, 7) is 0. The summed E-state index contributed by atoms with van der Waals surface area (Å²) in [7, 11) is 0. The van der Waals surface area contributed by atoms with E-state index in [1.807, 2.05) is 24.3 Å². The average molecular weight is 361 g/mol. The highest BCUT2D eigenvalue weighted by atomic mass is 35.5.